The molecular weight excluding hydrogens is 997 g/mol. The third-order valence-electron chi connectivity index (χ3n) is 10.7. The molecule has 0 bridgehead atoms. The van der Waals surface area contributed by atoms with Crippen LogP contribution in [0.4, 0.5) is 8.78 Å². The zero-order chi connectivity index (χ0) is 57.6. The molecule has 10 rings (SSSR count). The molecule has 4 heterocycles. The van der Waals surface area contributed by atoms with E-state index < -0.39 is 95.8 Å². The summed E-state index contributed by atoms with van der Waals surface area (Å²) in [6, 6.07) is 35.2. The Morgan fingerprint density at radius 2 is 1.18 bits per heavy atom. The third kappa shape index (κ3) is 9.42. The summed E-state index contributed by atoms with van der Waals surface area (Å²) in [5.74, 6) is -2.02. The van der Waals surface area contributed by atoms with E-state index in [0.29, 0.717) is 27.9 Å². The Balaban J connectivity index is 0.00000792. The Bertz CT molecular complexity index is 3900. The van der Waals surface area contributed by atoms with Gasteiger partial charge in [0, 0.05) is 48.8 Å². The van der Waals surface area contributed by atoms with Gasteiger partial charge in [0.15, 0.2) is 11.4 Å². The van der Waals surface area contributed by atoms with E-state index in [0.717, 1.165) is 42.9 Å². The quantitative estimate of drug-likeness (QED) is 0.108. The van der Waals surface area contributed by atoms with E-state index in [-0.39, 0.29) is 75.7 Å². The minimum atomic E-state index is -3.11. The standard InChI is InChI=1S/C59H44F2N3O.Ir/c1-59(2,51-38-64-55(34-52(51)60)50-20-12-19-48-49-28-27-47(44-13-6-3-7-14-44)56(61)58(49)65-57(48)50)35-43-32-41(23-21-39-25-29-53(62-36-39)45-15-8-4-9-16-45)31-42(33-43)24-22-40-26-30-54(63-37-40)46-17-10-5-11-18-46;/h3-15,17,19,25-34,36-38H,21-24,35H2,1-2H3;/q-3;+3/i3D,6D,7D,13D,14D,21D2,22D2,23D2,24D2,35D2;. The maximum absolute atomic E-state index is 17.0. The molecule has 0 aliphatic heterocycles. The molecule has 0 unspecified atom stereocenters. The van der Waals surface area contributed by atoms with E-state index in [4.69, 9.17) is 11.3 Å². The summed E-state index contributed by atoms with van der Waals surface area (Å²) < 4.78 is 175. The number of benzene rings is 6. The van der Waals surface area contributed by atoms with Crippen molar-refractivity contribution in [3.8, 4) is 44.9 Å². The molecule has 7 heteroatoms. The van der Waals surface area contributed by atoms with Crippen molar-refractivity contribution in [1.82, 2.24) is 15.0 Å². The molecule has 4 aromatic heterocycles. The second-order valence-corrected chi connectivity index (χ2v) is 15.5. The molecule has 0 atom stereocenters. The molecule has 6 aromatic carbocycles. The van der Waals surface area contributed by atoms with Crippen molar-refractivity contribution in [2.45, 2.75) is 51.1 Å². The van der Waals surface area contributed by atoms with E-state index in [1.165, 1.54) is 56.3 Å². The maximum Gasteiger partial charge on any atom is 3.00 e. The average Bonchev–Trinajstić information content (AvgIpc) is 4.01. The summed E-state index contributed by atoms with van der Waals surface area (Å²) in [5, 5.41) is 0.574. The second-order valence-electron chi connectivity index (χ2n) is 15.5. The van der Waals surface area contributed by atoms with Crippen molar-refractivity contribution in [3.63, 3.8) is 0 Å². The van der Waals surface area contributed by atoms with Gasteiger partial charge < -0.3 is 19.4 Å². The van der Waals surface area contributed by atoms with Crippen LogP contribution in [0.2, 0.25) is 0 Å². The van der Waals surface area contributed by atoms with Crippen LogP contribution < -0.4 is 0 Å². The number of pyridine rings is 3. The Kier molecular flexibility index (Phi) is 8.64. The summed E-state index contributed by atoms with van der Waals surface area (Å²) in [4.78, 5) is 13.3. The molecule has 66 heavy (non-hydrogen) atoms. The van der Waals surface area contributed by atoms with Crippen LogP contribution in [0, 0.1) is 29.8 Å². The van der Waals surface area contributed by atoms with Crippen LogP contribution in [0.5, 0.6) is 0 Å². The molecule has 0 fully saturated rings. The molecule has 0 radical (unpaired) electrons. The monoisotopic (exact) mass is 1060 g/mol. The zero-order valence-electron chi connectivity index (χ0n) is 50.1. The fourth-order valence-electron chi connectivity index (χ4n) is 7.49. The normalized spacial score (nSPS) is 15.9. The number of aromatic nitrogens is 3. The van der Waals surface area contributed by atoms with Crippen LogP contribution in [0.15, 0.2) is 175 Å². The Labute approximate surface area is 418 Å². The number of furan rings is 1. The predicted molar refractivity (Wildman–Crippen MR) is 256 cm³/mol. The summed E-state index contributed by atoms with van der Waals surface area (Å²) >= 11 is 0. The van der Waals surface area contributed by atoms with Crippen LogP contribution in [0.1, 0.15) is 67.8 Å². The van der Waals surface area contributed by atoms with Gasteiger partial charge in [0.1, 0.15) is 5.82 Å². The van der Waals surface area contributed by atoms with Gasteiger partial charge in [-0.05, 0) is 93.8 Å². The first kappa shape index (κ1) is 29.6. The SMILES string of the molecule is [2H]c1c([2H])c([2H])c(-c2ccc3c(oc4c(-c5cc(F)c(C(C)(C)C([2H])([2H])c6cc(C([2H])([2H])C([2H])([2H])c7ccc(-c8[c-]cccc8)nc7)cc(C([2H])([2H])C([2H])([2H])c7ccc(-c8[c-]cccc8)nc7)c6)cn5)[c-]ccc43)c2F)c([2H])c1[2H].[Ir+3]. The molecule has 0 aliphatic carbocycles. The number of fused-ring (bicyclic) bond motifs is 3. The number of aryl methyl sites for hydroxylation is 4. The van der Waals surface area contributed by atoms with Crippen molar-refractivity contribution in [3.05, 3.63) is 233 Å². The molecule has 0 N–H and O–H groups in total. The fraction of sp³-hybridized carbons (Fsp3) is 0.136. The van der Waals surface area contributed by atoms with Crippen LogP contribution in [0.3, 0.4) is 0 Å². The van der Waals surface area contributed by atoms with Crippen molar-refractivity contribution in [1.29, 1.82) is 0 Å². The Morgan fingerprint density at radius 1 is 0.591 bits per heavy atom. The van der Waals surface area contributed by atoms with Gasteiger partial charge in [-0.2, -0.15) is 0 Å². The van der Waals surface area contributed by atoms with Gasteiger partial charge in [-0.25, -0.2) is 8.78 Å². The number of rotatable bonds is 13. The van der Waals surface area contributed by atoms with Crippen LogP contribution in [-0.4, -0.2) is 15.0 Å². The number of hydrogen-bond donors (Lipinski definition) is 0. The smallest absolute Gasteiger partial charge is 0.497 e. The van der Waals surface area contributed by atoms with E-state index in [9.17, 15) is 13.7 Å². The molecule has 0 amide bonds. The average molecular weight is 1060 g/mol. The van der Waals surface area contributed by atoms with Gasteiger partial charge in [0.2, 0.25) is 0 Å². The van der Waals surface area contributed by atoms with E-state index in [1.807, 2.05) is 0 Å². The first-order chi connectivity index (χ1) is 37.6. The number of halogens is 2. The first-order valence-corrected chi connectivity index (χ1v) is 20.5. The van der Waals surface area contributed by atoms with Crippen molar-refractivity contribution in [2.24, 2.45) is 0 Å². The minimum absolute atomic E-state index is 0. The maximum atomic E-state index is 17.0. The molecule has 10 aromatic rings. The van der Waals surface area contributed by atoms with Crippen LogP contribution in [0.25, 0.3) is 66.8 Å². The van der Waals surface area contributed by atoms with E-state index >= 15 is 8.78 Å². The van der Waals surface area contributed by atoms with Gasteiger partial charge in [-0.3, -0.25) is 0 Å². The Morgan fingerprint density at radius 3 is 1.76 bits per heavy atom. The minimum Gasteiger partial charge on any atom is -0.497 e. The third-order valence-corrected chi connectivity index (χ3v) is 10.7. The molecule has 0 saturated carbocycles. The van der Waals surface area contributed by atoms with E-state index in [1.54, 1.807) is 54.6 Å². The molecular formula is C59H44F2IrN3O. The molecule has 324 valence electrons. The van der Waals surface area contributed by atoms with Crippen molar-refractivity contribution < 1.29 is 53.9 Å². The summed E-state index contributed by atoms with van der Waals surface area (Å²) in [6.07, 6.45) is -11.5. The molecule has 0 spiro atoms. The van der Waals surface area contributed by atoms with Gasteiger partial charge in [0.25, 0.3) is 0 Å². The Hall–Kier alpha value is -6.92. The van der Waals surface area contributed by atoms with E-state index in [2.05, 4.69) is 33.2 Å². The van der Waals surface area contributed by atoms with Gasteiger partial charge in [-0.1, -0.05) is 110 Å². The zero-order valence-corrected chi connectivity index (χ0v) is 37.5. The number of hydrogen-bond acceptors (Lipinski definition) is 4. The molecule has 4 nitrogen and oxygen atoms in total. The van der Waals surface area contributed by atoms with Crippen LogP contribution >= 0.6 is 0 Å². The number of nitrogens with zero attached hydrogens (tertiary/aromatic N) is 3. The van der Waals surface area contributed by atoms with Gasteiger partial charge in [0.05, 0.1) is 12.4 Å². The second kappa shape index (κ2) is 19.3. The van der Waals surface area contributed by atoms with Crippen molar-refractivity contribution in [2.75, 3.05) is 0 Å². The molecule has 0 saturated heterocycles. The summed E-state index contributed by atoms with van der Waals surface area (Å²) in [5.41, 5.74) is -3.32. The van der Waals surface area contributed by atoms with Crippen molar-refractivity contribution >= 4 is 21.9 Å². The van der Waals surface area contributed by atoms with Gasteiger partial charge >= 0.3 is 20.1 Å². The molecule has 0 aliphatic rings. The topological polar surface area (TPSA) is 51.8 Å². The largest absolute Gasteiger partial charge is 3.00 e. The van der Waals surface area contributed by atoms with Gasteiger partial charge in [-0.15, -0.1) is 90.0 Å². The fourth-order valence-corrected chi connectivity index (χ4v) is 7.49. The summed E-state index contributed by atoms with van der Waals surface area (Å²) in [6.45, 7) is 2.69. The van der Waals surface area contributed by atoms with Crippen LogP contribution in [-0.2, 0) is 57.4 Å². The first-order valence-electron chi connectivity index (χ1n) is 28.0. The summed E-state index contributed by atoms with van der Waals surface area (Å²) in [7, 11) is 0. The predicted octanol–water partition coefficient (Wildman–Crippen LogP) is 14.2.